The van der Waals surface area contributed by atoms with Crippen molar-refractivity contribution < 1.29 is 17.9 Å². The second kappa shape index (κ2) is 6.01. The van der Waals surface area contributed by atoms with Gasteiger partial charge in [-0.05, 0) is 49.5 Å². The Balaban J connectivity index is 2.34. The first-order chi connectivity index (χ1) is 9.43. The second-order valence-corrected chi connectivity index (χ2v) is 5.06. The number of alkyl halides is 3. The van der Waals surface area contributed by atoms with E-state index in [1.165, 1.54) is 19.2 Å². The molecule has 20 heavy (non-hydrogen) atoms. The van der Waals surface area contributed by atoms with Crippen LogP contribution < -0.4 is 15.8 Å². The van der Waals surface area contributed by atoms with E-state index in [4.69, 9.17) is 10.5 Å². The molecule has 1 atom stereocenters. The van der Waals surface area contributed by atoms with Gasteiger partial charge < -0.3 is 15.8 Å². The zero-order valence-electron chi connectivity index (χ0n) is 11.3. The largest absolute Gasteiger partial charge is 0.497 e. The Kier molecular flexibility index (Phi) is 4.55. The number of piperidine rings is 1. The summed E-state index contributed by atoms with van der Waals surface area (Å²) in [4.78, 5) is 0. The van der Waals surface area contributed by atoms with E-state index in [2.05, 4.69) is 5.32 Å². The molecule has 0 bridgehead atoms. The second-order valence-electron chi connectivity index (χ2n) is 5.06. The maximum atomic E-state index is 13.2. The van der Waals surface area contributed by atoms with Crippen LogP contribution >= 0.6 is 0 Å². The van der Waals surface area contributed by atoms with Gasteiger partial charge in [0.1, 0.15) is 5.75 Å². The molecule has 3 N–H and O–H groups in total. The normalized spacial score (nSPS) is 18.9. The van der Waals surface area contributed by atoms with Crippen molar-refractivity contribution in [3.8, 4) is 5.75 Å². The lowest BCUT2D eigenvalue weighted by atomic mass is 9.84. The van der Waals surface area contributed by atoms with Crippen molar-refractivity contribution in [3.05, 3.63) is 29.3 Å². The molecule has 0 aliphatic carbocycles. The Morgan fingerprint density at radius 3 is 2.50 bits per heavy atom. The average Bonchev–Trinajstić information content (AvgIpc) is 2.46. The molecule has 1 saturated heterocycles. The summed E-state index contributed by atoms with van der Waals surface area (Å²) in [6, 6.07) is 3.40. The van der Waals surface area contributed by atoms with Gasteiger partial charge in [0.15, 0.2) is 0 Å². The number of methoxy groups -OCH3 is 1. The number of nitrogens with two attached hydrogens (primary N) is 1. The van der Waals surface area contributed by atoms with Crippen LogP contribution in [-0.2, 0) is 6.18 Å². The zero-order chi connectivity index (χ0) is 14.8. The summed E-state index contributed by atoms with van der Waals surface area (Å²) >= 11 is 0. The summed E-state index contributed by atoms with van der Waals surface area (Å²) in [5.41, 5.74) is 5.56. The van der Waals surface area contributed by atoms with E-state index in [0.717, 1.165) is 32.0 Å². The number of benzene rings is 1. The summed E-state index contributed by atoms with van der Waals surface area (Å²) in [5, 5.41) is 3.19. The van der Waals surface area contributed by atoms with Crippen molar-refractivity contribution in [1.29, 1.82) is 0 Å². The fraction of sp³-hybridized carbons (Fsp3) is 0.571. The Labute approximate surface area is 116 Å². The van der Waals surface area contributed by atoms with Gasteiger partial charge in [-0.15, -0.1) is 0 Å². The molecule has 0 unspecified atom stereocenters. The molecular weight excluding hydrogens is 269 g/mol. The van der Waals surface area contributed by atoms with E-state index in [1.807, 2.05) is 0 Å². The fourth-order valence-corrected chi connectivity index (χ4v) is 2.66. The number of rotatable bonds is 3. The van der Waals surface area contributed by atoms with E-state index in [0.29, 0.717) is 0 Å². The predicted molar refractivity (Wildman–Crippen MR) is 70.5 cm³/mol. The van der Waals surface area contributed by atoms with Crippen LogP contribution in [0.1, 0.15) is 30.0 Å². The first-order valence-corrected chi connectivity index (χ1v) is 6.65. The van der Waals surface area contributed by atoms with Crippen molar-refractivity contribution in [2.75, 3.05) is 20.2 Å². The molecule has 0 aromatic heterocycles. The highest BCUT2D eigenvalue weighted by Gasteiger charge is 2.36. The van der Waals surface area contributed by atoms with E-state index in [9.17, 15) is 13.2 Å². The average molecular weight is 288 g/mol. The maximum Gasteiger partial charge on any atom is 0.416 e. The summed E-state index contributed by atoms with van der Waals surface area (Å²) < 4.78 is 44.4. The molecule has 3 nitrogen and oxygen atoms in total. The molecule has 6 heteroatoms. The zero-order valence-corrected chi connectivity index (χ0v) is 11.3. The molecule has 1 fully saturated rings. The molecule has 0 radical (unpaired) electrons. The topological polar surface area (TPSA) is 47.3 Å². The van der Waals surface area contributed by atoms with Gasteiger partial charge in [-0.3, -0.25) is 0 Å². The highest BCUT2D eigenvalue weighted by molar-refractivity contribution is 5.39. The number of hydrogen-bond acceptors (Lipinski definition) is 3. The Morgan fingerprint density at radius 1 is 1.30 bits per heavy atom. The van der Waals surface area contributed by atoms with Gasteiger partial charge in [-0.25, -0.2) is 0 Å². The van der Waals surface area contributed by atoms with Gasteiger partial charge in [-0.1, -0.05) is 6.07 Å². The summed E-state index contributed by atoms with van der Waals surface area (Å²) in [7, 11) is 1.35. The number of hydrogen-bond donors (Lipinski definition) is 2. The van der Waals surface area contributed by atoms with Crippen LogP contribution in [-0.4, -0.2) is 20.2 Å². The van der Waals surface area contributed by atoms with Gasteiger partial charge in [0.2, 0.25) is 0 Å². The van der Waals surface area contributed by atoms with Crippen molar-refractivity contribution >= 4 is 0 Å². The number of halogens is 3. The summed E-state index contributed by atoms with van der Waals surface area (Å²) in [5.74, 6) is 0.268. The standard InChI is InChI=1S/C14H19F3N2O/c1-20-10-2-3-11(12(8-10)14(15,16)17)13(18)9-4-6-19-7-5-9/h2-3,8-9,13,19H,4-7,18H2,1H3/t13-/m1/s1. The molecule has 0 amide bonds. The molecule has 1 aromatic rings. The van der Waals surface area contributed by atoms with E-state index in [1.54, 1.807) is 0 Å². The van der Waals surface area contributed by atoms with Gasteiger partial charge in [0, 0.05) is 6.04 Å². The van der Waals surface area contributed by atoms with Crippen LogP contribution in [0.5, 0.6) is 5.75 Å². The molecule has 1 aliphatic heterocycles. The first-order valence-electron chi connectivity index (χ1n) is 6.65. The fourth-order valence-electron chi connectivity index (χ4n) is 2.66. The summed E-state index contributed by atoms with van der Waals surface area (Å²) in [6.07, 6.45) is -2.83. The van der Waals surface area contributed by atoms with Crippen LogP contribution in [0, 0.1) is 5.92 Å². The minimum Gasteiger partial charge on any atom is -0.497 e. The number of nitrogens with one attached hydrogen (secondary N) is 1. The highest BCUT2D eigenvalue weighted by Crippen LogP contribution is 2.39. The van der Waals surface area contributed by atoms with Crippen LogP contribution in [0.25, 0.3) is 0 Å². The van der Waals surface area contributed by atoms with Gasteiger partial charge in [0.05, 0.1) is 12.7 Å². The molecular formula is C14H19F3N2O. The minimum atomic E-state index is -4.42. The SMILES string of the molecule is COc1ccc([C@H](N)C2CCNCC2)c(C(F)(F)F)c1. The molecule has 0 saturated carbocycles. The predicted octanol–water partition coefficient (Wildman–Crippen LogP) is 2.71. The van der Waals surface area contributed by atoms with E-state index in [-0.39, 0.29) is 17.2 Å². The Bertz CT molecular complexity index is 456. The van der Waals surface area contributed by atoms with Crippen LogP contribution in [0.15, 0.2) is 18.2 Å². The third kappa shape index (κ3) is 3.24. The molecule has 112 valence electrons. The van der Waals surface area contributed by atoms with E-state index >= 15 is 0 Å². The van der Waals surface area contributed by atoms with Crippen molar-refractivity contribution in [2.45, 2.75) is 25.1 Å². The van der Waals surface area contributed by atoms with Gasteiger partial charge in [-0.2, -0.15) is 13.2 Å². The third-order valence-electron chi connectivity index (χ3n) is 3.82. The van der Waals surface area contributed by atoms with Crippen molar-refractivity contribution in [3.63, 3.8) is 0 Å². The lowest BCUT2D eigenvalue weighted by Gasteiger charge is -2.30. The van der Waals surface area contributed by atoms with Crippen molar-refractivity contribution in [1.82, 2.24) is 5.32 Å². The van der Waals surface area contributed by atoms with Crippen LogP contribution in [0.3, 0.4) is 0 Å². The minimum absolute atomic E-state index is 0.0748. The van der Waals surface area contributed by atoms with E-state index < -0.39 is 17.8 Å². The quantitative estimate of drug-likeness (QED) is 0.899. The van der Waals surface area contributed by atoms with Gasteiger partial charge in [0.25, 0.3) is 0 Å². The lowest BCUT2D eigenvalue weighted by molar-refractivity contribution is -0.138. The Morgan fingerprint density at radius 2 is 1.95 bits per heavy atom. The monoisotopic (exact) mass is 288 g/mol. The molecule has 1 aromatic carbocycles. The number of ether oxygens (including phenoxy) is 1. The molecule has 2 rings (SSSR count). The molecule has 1 heterocycles. The molecule has 1 aliphatic rings. The first kappa shape index (κ1) is 15.1. The third-order valence-corrected chi connectivity index (χ3v) is 3.82. The van der Waals surface area contributed by atoms with Gasteiger partial charge >= 0.3 is 6.18 Å². The highest BCUT2D eigenvalue weighted by atomic mass is 19.4. The molecule has 0 spiro atoms. The maximum absolute atomic E-state index is 13.2. The smallest absolute Gasteiger partial charge is 0.416 e. The summed E-state index contributed by atoms with van der Waals surface area (Å²) in [6.45, 7) is 1.60. The van der Waals surface area contributed by atoms with Crippen LogP contribution in [0.4, 0.5) is 13.2 Å². The van der Waals surface area contributed by atoms with Crippen LogP contribution in [0.2, 0.25) is 0 Å². The Hall–Kier alpha value is -1.27. The van der Waals surface area contributed by atoms with Crippen molar-refractivity contribution in [2.24, 2.45) is 11.7 Å². The lowest BCUT2D eigenvalue weighted by Crippen LogP contribution is -2.34.